The maximum atomic E-state index is 12.9. The van der Waals surface area contributed by atoms with Crippen molar-refractivity contribution >= 4 is 5.91 Å². The Hall–Kier alpha value is -2.95. The van der Waals surface area contributed by atoms with Crippen molar-refractivity contribution in [1.29, 1.82) is 0 Å². The topological polar surface area (TPSA) is 68.0 Å². The van der Waals surface area contributed by atoms with Gasteiger partial charge in [-0.05, 0) is 37.0 Å². The van der Waals surface area contributed by atoms with Crippen molar-refractivity contribution in [2.75, 3.05) is 0 Å². The highest BCUT2D eigenvalue weighted by molar-refractivity contribution is 5.95. The van der Waals surface area contributed by atoms with Gasteiger partial charge >= 0.3 is 0 Å². The zero-order valence-corrected chi connectivity index (χ0v) is 13.8. The van der Waals surface area contributed by atoms with Crippen molar-refractivity contribution in [2.24, 2.45) is 0 Å². The molecule has 2 aromatic heterocycles. The number of carbonyl (C=O) groups excluding carboxylic acids is 1. The largest absolute Gasteiger partial charge is 0.467 e. The molecule has 1 atom stereocenters. The molecule has 1 unspecified atom stereocenters. The number of furan rings is 1. The lowest BCUT2D eigenvalue weighted by Gasteiger charge is -2.17. The van der Waals surface area contributed by atoms with Crippen LogP contribution in [-0.4, -0.2) is 15.9 Å². The molecule has 0 radical (unpaired) electrons. The van der Waals surface area contributed by atoms with E-state index in [1.165, 1.54) is 6.33 Å². The first-order valence-electron chi connectivity index (χ1n) is 8.49. The molecule has 1 aliphatic carbocycles. The van der Waals surface area contributed by atoms with Crippen LogP contribution in [0.1, 0.15) is 52.2 Å². The smallest absolute Gasteiger partial charge is 0.255 e. The average Bonchev–Trinajstić information content (AvgIpc) is 3.36. The van der Waals surface area contributed by atoms with Crippen molar-refractivity contribution in [1.82, 2.24) is 15.3 Å². The summed E-state index contributed by atoms with van der Waals surface area (Å²) in [6.45, 7) is 0. The van der Waals surface area contributed by atoms with Gasteiger partial charge in [-0.25, -0.2) is 9.97 Å². The number of nitrogens with one attached hydrogen (secondary N) is 1. The number of benzene rings is 1. The molecule has 0 bridgehead atoms. The van der Waals surface area contributed by atoms with Gasteiger partial charge in [-0.2, -0.15) is 0 Å². The van der Waals surface area contributed by atoms with E-state index in [0.29, 0.717) is 17.9 Å². The van der Waals surface area contributed by atoms with Gasteiger partial charge in [0.05, 0.1) is 23.6 Å². The zero-order valence-electron chi connectivity index (χ0n) is 13.8. The van der Waals surface area contributed by atoms with Crippen LogP contribution in [0.2, 0.25) is 0 Å². The van der Waals surface area contributed by atoms with Crippen LogP contribution >= 0.6 is 0 Å². The fourth-order valence-corrected chi connectivity index (χ4v) is 2.99. The Labute approximate surface area is 146 Å². The van der Waals surface area contributed by atoms with E-state index in [2.05, 4.69) is 15.3 Å². The number of hydrogen-bond donors (Lipinski definition) is 1. The number of hydrogen-bond acceptors (Lipinski definition) is 4. The van der Waals surface area contributed by atoms with E-state index in [0.717, 1.165) is 29.9 Å². The van der Waals surface area contributed by atoms with Crippen molar-refractivity contribution in [2.45, 2.75) is 31.2 Å². The summed E-state index contributed by atoms with van der Waals surface area (Å²) in [6.07, 6.45) is 7.58. The Balaban J connectivity index is 1.57. The fourth-order valence-electron chi connectivity index (χ4n) is 2.99. The maximum Gasteiger partial charge on any atom is 0.255 e. The first-order valence-corrected chi connectivity index (χ1v) is 8.49. The lowest BCUT2D eigenvalue weighted by atomic mass is 10.0. The molecule has 1 aromatic carbocycles. The molecule has 1 saturated carbocycles. The quantitative estimate of drug-likeness (QED) is 0.747. The predicted octanol–water partition coefficient (Wildman–Crippen LogP) is 3.66. The van der Waals surface area contributed by atoms with Crippen LogP contribution in [0.4, 0.5) is 0 Å². The van der Waals surface area contributed by atoms with Gasteiger partial charge in [-0.15, -0.1) is 0 Å². The molecule has 5 heteroatoms. The summed E-state index contributed by atoms with van der Waals surface area (Å²) in [7, 11) is 0. The number of nitrogens with zero attached hydrogens (tertiary/aromatic N) is 2. The number of carbonyl (C=O) groups is 1. The van der Waals surface area contributed by atoms with Crippen LogP contribution in [0, 0.1) is 0 Å². The van der Waals surface area contributed by atoms with E-state index < -0.39 is 0 Å². The molecule has 0 saturated heterocycles. The summed E-state index contributed by atoms with van der Waals surface area (Å²) in [4.78, 5) is 21.2. The normalized spacial score (nSPS) is 14.9. The van der Waals surface area contributed by atoms with Crippen molar-refractivity contribution < 1.29 is 9.21 Å². The predicted molar refractivity (Wildman–Crippen MR) is 93.1 cm³/mol. The molecule has 1 amide bonds. The van der Waals surface area contributed by atoms with Crippen molar-refractivity contribution in [3.8, 4) is 0 Å². The van der Waals surface area contributed by atoms with Gasteiger partial charge in [-0.1, -0.05) is 30.3 Å². The van der Waals surface area contributed by atoms with Crippen LogP contribution in [-0.2, 0) is 6.42 Å². The summed E-state index contributed by atoms with van der Waals surface area (Å²) in [6, 6.07) is 13.5. The standard InChI is InChI=1S/C20H19N3O2/c24-20(16-12-21-13-22-19(16)15-8-9-15)23-17(18-7-4-10-25-18)11-14-5-2-1-3-6-14/h1-7,10,12-13,15,17H,8-9,11H2,(H,23,24). The highest BCUT2D eigenvalue weighted by Gasteiger charge is 2.30. The molecule has 4 rings (SSSR count). The third-order valence-electron chi connectivity index (χ3n) is 4.43. The van der Waals surface area contributed by atoms with Crippen LogP contribution < -0.4 is 5.32 Å². The van der Waals surface area contributed by atoms with Crippen LogP contribution in [0.3, 0.4) is 0 Å². The Kier molecular flexibility index (Phi) is 4.29. The van der Waals surface area contributed by atoms with E-state index in [4.69, 9.17) is 4.42 Å². The average molecular weight is 333 g/mol. The SMILES string of the molecule is O=C(NC(Cc1ccccc1)c1ccco1)c1cncnc1C1CC1. The van der Waals surface area contributed by atoms with Crippen LogP contribution in [0.5, 0.6) is 0 Å². The Bertz CT molecular complexity index is 842. The minimum absolute atomic E-state index is 0.153. The second-order valence-electron chi connectivity index (χ2n) is 6.33. The van der Waals surface area contributed by atoms with Crippen molar-refractivity contribution in [3.63, 3.8) is 0 Å². The molecule has 0 aliphatic heterocycles. The van der Waals surface area contributed by atoms with Gasteiger partial charge in [0.25, 0.3) is 5.91 Å². The zero-order chi connectivity index (χ0) is 17.1. The Morgan fingerprint density at radius 1 is 1.20 bits per heavy atom. The second-order valence-corrected chi connectivity index (χ2v) is 6.33. The highest BCUT2D eigenvalue weighted by Crippen LogP contribution is 2.40. The molecule has 0 spiro atoms. The maximum absolute atomic E-state index is 12.9. The minimum atomic E-state index is -0.239. The third-order valence-corrected chi connectivity index (χ3v) is 4.43. The molecule has 126 valence electrons. The summed E-state index contributed by atoms with van der Waals surface area (Å²) in [5.74, 6) is 0.974. The molecule has 1 aliphatic rings. The van der Waals surface area contributed by atoms with E-state index >= 15 is 0 Å². The monoisotopic (exact) mass is 333 g/mol. The molecule has 1 fully saturated rings. The summed E-state index contributed by atoms with van der Waals surface area (Å²) < 4.78 is 5.55. The van der Waals surface area contributed by atoms with Gasteiger partial charge in [-0.3, -0.25) is 4.79 Å². The van der Waals surface area contributed by atoms with Gasteiger partial charge < -0.3 is 9.73 Å². The van der Waals surface area contributed by atoms with E-state index in [-0.39, 0.29) is 11.9 Å². The number of amides is 1. The summed E-state index contributed by atoms with van der Waals surface area (Å²) in [5.41, 5.74) is 2.55. The van der Waals surface area contributed by atoms with E-state index in [1.807, 2.05) is 42.5 Å². The second kappa shape index (κ2) is 6.89. The van der Waals surface area contributed by atoms with E-state index in [9.17, 15) is 4.79 Å². The number of rotatable bonds is 6. The van der Waals surface area contributed by atoms with Gasteiger partial charge in [0, 0.05) is 12.1 Å². The number of aromatic nitrogens is 2. The summed E-state index contributed by atoms with van der Waals surface area (Å²) in [5, 5.41) is 3.09. The van der Waals surface area contributed by atoms with Gasteiger partial charge in [0.1, 0.15) is 12.1 Å². The molecule has 1 N–H and O–H groups in total. The minimum Gasteiger partial charge on any atom is -0.467 e. The first-order chi connectivity index (χ1) is 12.3. The Morgan fingerprint density at radius 3 is 2.76 bits per heavy atom. The first kappa shape index (κ1) is 15.6. The lowest BCUT2D eigenvalue weighted by Crippen LogP contribution is -2.30. The molecule has 5 nitrogen and oxygen atoms in total. The van der Waals surface area contributed by atoms with Gasteiger partial charge in [0.2, 0.25) is 0 Å². The lowest BCUT2D eigenvalue weighted by molar-refractivity contribution is 0.0929. The molecule has 25 heavy (non-hydrogen) atoms. The third kappa shape index (κ3) is 3.60. The van der Waals surface area contributed by atoms with Crippen molar-refractivity contribution in [3.05, 3.63) is 83.8 Å². The summed E-state index contributed by atoms with van der Waals surface area (Å²) >= 11 is 0. The molecular weight excluding hydrogens is 314 g/mol. The Morgan fingerprint density at radius 2 is 2.04 bits per heavy atom. The van der Waals surface area contributed by atoms with Crippen LogP contribution in [0.25, 0.3) is 0 Å². The van der Waals surface area contributed by atoms with E-state index in [1.54, 1.807) is 12.5 Å². The van der Waals surface area contributed by atoms with Gasteiger partial charge in [0.15, 0.2) is 0 Å². The molecular formula is C20H19N3O2. The molecule has 2 heterocycles. The fraction of sp³-hybridized carbons (Fsp3) is 0.250. The van der Waals surface area contributed by atoms with Crippen LogP contribution in [0.15, 0.2) is 65.7 Å². The molecule has 3 aromatic rings. The highest BCUT2D eigenvalue weighted by atomic mass is 16.3.